The molecule has 2 atom stereocenters. The van der Waals surface area contributed by atoms with E-state index >= 15 is 0 Å². The van der Waals surface area contributed by atoms with Crippen LogP contribution in [0.5, 0.6) is 0 Å². The minimum atomic E-state index is -0.153. The molecule has 0 spiro atoms. The van der Waals surface area contributed by atoms with Crippen LogP contribution < -0.4 is 5.73 Å². The molecule has 17 heavy (non-hydrogen) atoms. The Morgan fingerprint density at radius 2 is 2.18 bits per heavy atom. The smallest absolute Gasteiger partial charge is 0.225 e. The second-order valence-corrected chi connectivity index (χ2v) is 4.97. The Hall–Kier alpha value is -1.42. The van der Waals surface area contributed by atoms with Gasteiger partial charge in [-0.15, -0.1) is 0 Å². The fourth-order valence-electron chi connectivity index (χ4n) is 2.41. The SMILES string of the molecule is Cc1ccc([C@H]2[C@H](N)CC(=O)N2C(C)C)nc1. The van der Waals surface area contributed by atoms with E-state index in [2.05, 4.69) is 4.98 Å². The van der Waals surface area contributed by atoms with Gasteiger partial charge in [0.05, 0.1) is 11.7 Å². The van der Waals surface area contributed by atoms with Crippen molar-refractivity contribution in [3.63, 3.8) is 0 Å². The van der Waals surface area contributed by atoms with Crippen molar-refractivity contribution in [2.45, 2.75) is 45.3 Å². The van der Waals surface area contributed by atoms with Gasteiger partial charge in [0.15, 0.2) is 0 Å². The Morgan fingerprint density at radius 1 is 1.47 bits per heavy atom. The van der Waals surface area contributed by atoms with E-state index in [4.69, 9.17) is 5.73 Å². The van der Waals surface area contributed by atoms with E-state index < -0.39 is 0 Å². The molecule has 2 rings (SSSR count). The van der Waals surface area contributed by atoms with Gasteiger partial charge in [-0.3, -0.25) is 9.78 Å². The third-order valence-electron chi connectivity index (χ3n) is 3.20. The summed E-state index contributed by atoms with van der Waals surface area (Å²) in [4.78, 5) is 18.1. The zero-order valence-corrected chi connectivity index (χ0v) is 10.6. The predicted molar refractivity (Wildman–Crippen MR) is 66.3 cm³/mol. The van der Waals surface area contributed by atoms with Crippen LogP contribution in [0.25, 0.3) is 0 Å². The van der Waals surface area contributed by atoms with Crippen molar-refractivity contribution in [1.29, 1.82) is 0 Å². The normalized spacial score (nSPS) is 24.8. The van der Waals surface area contributed by atoms with Gasteiger partial charge < -0.3 is 10.6 Å². The number of hydrogen-bond acceptors (Lipinski definition) is 3. The van der Waals surface area contributed by atoms with Crippen molar-refractivity contribution in [2.24, 2.45) is 5.73 Å². The first-order chi connectivity index (χ1) is 8.00. The van der Waals surface area contributed by atoms with E-state index in [1.54, 1.807) is 0 Å². The Balaban J connectivity index is 2.34. The lowest BCUT2D eigenvalue weighted by molar-refractivity contribution is -0.130. The van der Waals surface area contributed by atoms with Gasteiger partial charge in [-0.05, 0) is 32.4 Å². The van der Waals surface area contributed by atoms with E-state index in [0.29, 0.717) is 6.42 Å². The van der Waals surface area contributed by atoms with Crippen LogP contribution >= 0.6 is 0 Å². The molecular formula is C13H19N3O. The lowest BCUT2D eigenvalue weighted by Crippen LogP contribution is -2.38. The lowest BCUT2D eigenvalue weighted by atomic mass is 10.0. The van der Waals surface area contributed by atoms with Gasteiger partial charge in [0.2, 0.25) is 5.91 Å². The first kappa shape index (κ1) is 12.0. The molecule has 0 saturated carbocycles. The molecule has 4 nitrogen and oxygen atoms in total. The average Bonchev–Trinajstić information content (AvgIpc) is 2.55. The summed E-state index contributed by atoms with van der Waals surface area (Å²) in [6.07, 6.45) is 2.24. The summed E-state index contributed by atoms with van der Waals surface area (Å²) in [6, 6.07) is 3.90. The first-order valence-electron chi connectivity index (χ1n) is 6.00. The van der Waals surface area contributed by atoms with Crippen LogP contribution in [0, 0.1) is 6.92 Å². The highest BCUT2D eigenvalue weighted by atomic mass is 16.2. The molecule has 0 radical (unpaired) electrons. The molecule has 0 aromatic carbocycles. The number of carbonyl (C=O) groups excluding carboxylic acids is 1. The molecule has 92 valence electrons. The maximum atomic E-state index is 11.9. The van der Waals surface area contributed by atoms with Gasteiger partial charge in [-0.25, -0.2) is 0 Å². The van der Waals surface area contributed by atoms with Crippen molar-refractivity contribution < 1.29 is 4.79 Å². The number of hydrogen-bond donors (Lipinski definition) is 1. The predicted octanol–water partition coefficient (Wildman–Crippen LogP) is 1.40. The summed E-state index contributed by atoms with van der Waals surface area (Å²) in [5.74, 6) is 0.125. The molecule has 0 bridgehead atoms. The molecule has 1 aromatic heterocycles. The number of aryl methyl sites for hydroxylation is 1. The molecule has 1 amide bonds. The molecular weight excluding hydrogens is 214 g/mol. The second-order valence-electron chi connectivity index (χ2n) is 4.97. The fourth-order valence-corrected chi connectivity index (χ4v) is 2.41. The molecule has 2 heterocycles. The maximum Gasteiger partial charge on any atom is 0.225 e. The van der Waals surface area contributed by atoms with E-state index in [1.165, 1.54) is 0 Å². The van der Waals surface area contributed by atoms with Crippen LogP contribution in [0.1, 0.15) is 37.6 Å². The number of pyridine rings is 1. The quantitative estimate of drug-likeness (QED) is 0.840. The summed E-state index contributed by atoms with van der Waals surface area (Å²) in [7, 11) is 0. The number of nitrogens with zero attached hydrogens (tertiary/aromatic N) is 2. The number of amides is 1. The Labute approximate surface area is 102 Å². The van der Waals surface area contributed by atoms with Gasteiger partial charge in [0.25, 0.3) is 0 Å². The third kappa shape index (κ3) is 2.17. The van der Waals surface area contributed by atoms with E-state index in [-0.39, 0.29) is 24.0 Å². The van der Waals surface area contributed by atoms with E-state index in [0.717, 1.165) is 11.3 Å². The standard InChI is InChI=1S/C13H19N3O/c1-8(2)16-12(17)6-10(14)13(16)11-5-4-9(3)7-15-11/h4-5,7-8,10,13H,6,14H2,1-3H3/t10-,13-/m1/s1. The third-order valence-corrected chi connectivity index (χ3v) is 3.20. The maximum absolute atomic E-state index is 11.9. The Morgan fingerprint density at radius 3 is 2.71 bits per heavy atom. The van der Waals surface area contributed by atoms with Crippen molar-refractivity contribution >= 4 is 5.91 Å². The second kappa shape index (κ2) is 4.45. The molecule has 0 aliphatic carbocycles. The molecule has 1 aliphatic rings. The summed E-state index contributed by atoms with van der Waals surface area (Å²) in [5, 5.41) is 0. The lowest BCUT2D eigenvalue weighted by Gasteiger charge is -2.29. The summed E-state index contributed by atoms with van der Waals surface area (Å²) < 4.78 is 0. The highest BCUT2D eigenvalue weighted by Crippen LogP contribution is 2.32. The number of nitrogens with two attached hydrogens (primary N) is 1. The van der Waals surface area contributed by atoms with E-state index in [9.17, 15) is 4.79 Å². The molecule has 4 heteroatoms. The number of aromatic nitrogens is 1. The molecule has 0 unspecified atom stereocenters. The monoisotopic (exact) mass is 233 g/mol. The number of carbonyl (C=O) groups is 1. The fraction of sp³-hybridized carbons (Fsp3) is 0.538. The van der Waals surface area contributed by atoms with Crippen molar-refractivity contribution in [3.05, 3.63) is 29.6 Å². The summed E-state index contributed by atoms with van der Waals surface area (Å²) in [6.45, 7) is 6.02. The van der Waals surface area contributed by atoms with Crippen molar-refractivity contribution in [2.75, 3.05) is 0 Å². The Bertz CT molecular complexity index is 413. The van der Waals surface area contributed by atoms with Gasteiger partial charge in [-0.1, -0.05) is 6.07 Å². The van der Waals surface area contributed by atoms with Gasteiger partial charge in [0, 0.05) is 24.7 Å². The van der Waals surface area contributed by atoms with Crippen LogP contribution in [0.3, 0.4) is 0 Å². The van der Waals surface area contributed by atoms with Crippen LogP contribution in [0.2, 0.25) is 0 Å². The van der Waals surface area contributed by atoms with E-state index in [1.807, 2.05) is 44.0 Å². The summed E-state index contributed by atoms with van der Waals surface area (Å²) in [5.41, 5.74) is 8.07. The van der Waals surface area contributed by atoms with Gasteiger partial charge in [0.1, 0.15) is 0 Å². The topological polar surface area (TPSA) is 59.2 Å². The highest BCUT2D eigenvalue weighted by Gasteiger charge is 2.40. The zero-order valence-electron chi connectivity index (χ0n) is 10.6. The molecule has 1 aromatic rings. The van der Waals surface area contributed by atoms with Crippen LogP contribution in [-0.2, 0) is 4.79 Å². The number of rotatable bonds is 2. The molecule has 2 N–H and O–H groups in total. The highest BCUT2D eigenvalue weighted by molar-refractivity contribution is 5.80. The Kier molecular flexibility index (Phi) is 3.15. The van der Waals surface area contributed by atoms with Crippen molar-refractivity contribution in [1.82, 2.24) is 9.88 Å². The minimum absolute atomic E-state index is 0.0805. The van der Waals surface area contributed by atoms with Crippen molar-refractivity contribution in [3.8, 4) is 0 Å². The van der Waals surface area contributed by atoms with Crippen LogP contribution in [0.15, 0.2) is 18.3 Å². The zero-order chi connectivity index (χ0) is 12.6. The van der Waals surface area contributed by atoms with Gasteiger partial charge >= 0.3 is 0 Å². The number of likely N-dealkylation sites (tertiary alicyclic amines) is 1. The van der Waals surface area contributed by atoms with Crippen LogP contribution in [-0.4, -0.2) is 27.9 Å². The van der Waals surface area contributed by atoms with Gasteiger partial charge in [-0.2, -0.15) is 0 Å². The average molecular weight is 233 g/mol. The molecule has 1 saturated heterocycles. The molecule has 1 fully saturated rings. The first-order valence-corrected chi connectivity index (χ1v) is 6.00. The minimum Gasteiger partial charge on any atom is -0.330 e. The summed E-state index contributed by atoms with van der Waals surface area (Å²) >= 11 is 0. The largest absolute Gasteiger partial charge is 0.330 e. The van der Waals surface area contributed by atoms with Crippen LogP contribution in [0.4, 0.5) is 0 Å². The molecule has 1 aliphatic heterocycles.